The molecule has 1 heterocycles. The van der Waals surface area contributed by atoms with Gasteiger partial charge in [-0.3, -0.25) is 0 Å². The number of carbonyl (C=O) groups is 1. The summed E-state index contributed by atoms with van der Waals surface area (Å²) in [7, 11) is 0. The number of fused-ring (bicyclic) bond motifs is 1. The summed E-state index contributed by atoms with van der Waals surface area (Å²) in [5.41, 5.74) is 6.43. The SMILES string of the molecule is CC(C)(C)C1CCCc2cc(-c3ccccc3)n(-c3cccc(C(=O)O)c3)c21. The lowest BCUT2D eigenvalue weighted by molar-refractivity contribution is 0.0697. The maximum atomic E-state index is 11.6. The molecule has 144 valence electrons. The number of hydrogen-bond donors (Lipinski definition) is 1. The minimum Gasteiger partial charge on any atom is -0.478 e. The molecule has 1 aromatic heterocycles. The summed E-state index contributed by atoms with van der Waals surface area (Å²) >= 11 is 0. The maximum absolute atomic E-state index is 11.6. The lowest BCUT2D eigenvalue weighted by Gasteiger charge is -2.36. The number of aryl methyl sites for hydroxylation is 1. The van der Waals surface area contributed by atoms with Crippen LogP contribution in [0.4, 0.5) is 0 Å². The molecule has 0 saturated heterocycles. The third kappa shape index (κ3) is 3.26. The van der Waals surface area contributed by atoms with Crippen molar-refractivity contribution < 1.29 is 9.90 Å². The Kier molecular flexibility index (Phi) is 4.62. The van der Waals surface area contributed by atoms with Gasteiger partial charge in [0, 0.05) is 17.3 Å². The molecule has 3 heteroatoms. The highest BCUT2D eigenvalue weighted by Gasteiger charge is 2.34. The van der Waals surface area contributed by atoms with Gasteiger partial charge in [0.15, 0.2) is 0 Å². The van der Waals surface area contributed by atoms with Crippen LogP contribution in [0.5, 0.6) is 0 Å². The topological polar surface area (TPSA) is 42.2 Å². The summed E-state index contributed by atoms with van der Waals surface area (Å²) in [6.07, 6.45) is 3.43. The van der Waals surface area contributed by atoms with E-state index in [1.54, 1.807) is 12.1 Å². The van der Waals surface area contributed by atoms with Crippen LogP contribution in [-0.2, 0) is 6.42 Å². The van der Waals surface area contributed by atoms with Gasteiger partial charge in [0.25, 0.3) is 0 Å². The molecule has 0 bridgehead atoms. The van der Waals surface area contributed by atoms with E-state index >= 15 is 0 Å². The number of aromatic nitrogens is 1. The van der Waals surface area contributed by atoms with Crippen LogP contribution in [0.25, 0.3) is 16.9 Å². The Morgan fingerprint density at radius 3 is 2.46 bits per heavy atom. The number of carboxylic acid groups (broad SMARTS) is 1. The van der Waals surface area contributed by atoms with Crippen LogP contribution in [0.1, 0.15) is 61.1 Å². The first-order valence-corrected chi connectivity index (χ1v) is 10.00. The minimum absolute atomic E-state index is 0.142. The zero-order chi connectivity index (χ0) is 19.9. The van der Waals surface area contributed by atoms with Gasteiger partial charge < -0.3 is 9.67 Å². The van der Waals surface area contributed by atoms with Crippen molar-refractivity contribution in [2.75, 3.05) is 0 Å². The first-order chi connectivity index (χ1) is 13.4. The van der Waals surface area contributed by atoms with E-state index in [4.69, 9.17) is 0 Å². The maximum Gasteiger partial charge on any atom is 0.335 e. The molecule has 2 aromatic carbocycles. The van der Waals surface area contributed by atoms with Crippen LogP contribution in [0, 0.1) is 5.41 Å². The molecule has 1 N–H and O–H groups in total. The molecule has 1 atom stereocenters. The molecule has 0 spiro atoms. The van der Waals surface area contributed by atoms with Crippen molar-refractivity contribution in [2.24, 2.45) is 5.41 Å². The van der Waals surface area contributed by atoms with Crippen LogP contribution in [0.3, 0.4) is 0 Å². The largest absolute Gasteiger partial charge is 0.478 e. The van der Waals surface area contributed by atoms with Crippen LogP contribution in [0.2, 0.25) is 0 Å². The molecule has 0 aliphatic heterocycles. The Hall–Kier alpha value is -2.81. The number of benzene rings is 2. The monoisotopic (exact) mass is 373 g/mol. The van der Waals surface area contributed by atoms with Crippen molar-refractivity contribution in [3.63, 3.8) is 0 Å². The van der Waals surface area contributed by atoms with Crippen molar-refractivity contribution in [1.82, 2.24) is 4.57 Å². The Labute approximate surface area is 166 Å². The van der Waals surface area contributed by atoms with Crippen molar-refractivity contribution in [3.8, 4) is 16.9 Å². The van der Waals surface area contributed by atoms with Gasteiger partial charge in [0.05, 0.1) is 11.3 Å². The fourth-order valence-corrected chi connectivity index (χ4v) is 4.51. The second-order valence-electron chi connectivity index (χ2n) is 8.81. The summed E-state index contributed by atoms with van der Waals surface area (Å²) < 4.78 is 2.31. The van der Waals surface area contributed by atoms with Gasteiger partial charge in [-0.1, -0.05) is 57.2 Å². The van der Waals surface area contributed by atoms with E-state index in [0.29, 0.717) is 11.5 Å². The molecule has 0 amide bonds. The van der Waals surface area contributed by atoms with E-state index < -0.39 is 5.97 Å². The van der Waals surface area contributed by atoms with E-state index in [2.05, 4.69) is 55.7 Å². The molecule has 1 aliphatic rings. The minimum atomic E-state index is -0.892. The van der Waals surface area contributed by atoms with Gasteiger partial charge >= 0.3 is 5.97 Å². The highest BCUT2D eigenvalue weighted by atomic mass is 16.4. The molecule has 1 aliphatic carbocycles. The summed E-state index contributed by atoms with van der Waals surface area (Å²) in [4.78, 5) is 11.6. The smallest absolute Gasteiger partial charge is 0.335 e. The molecule has 1 unspecified atom stereocenters. The third-order valence-electron chi connectivity index (χ3n) is 5.86. The molecule has 0 radical (unpaired) electrons. The number of carboxylic acids is 1. The first-order valence-electron chi connectivity index (χ1n) is 10.00. The fourth-order valence-electron chi connectivity index (χ4n) is 4.51. The number of aromatic carboxylic acids is 1. The molecule has 3 nitrogen and oxygen atoms in total. The number of rotatable bonds is 3. The van der Waals surface area contributed by atoms with Crippen molar-refractivity contribution in [2.45, 2.75) is 46.0 Å². The summed E-state index contributed by atoms with van der Waals surface area (Å²) in [6, 6.07) is 20.0. The zero-order valence-corrected chi connectivity index (χ0v) is 16.8. The molecule has 0 fully saturated rings. The summed E-state index contributed by atoms with van der Waals surface area (Å²) in [5.74, 6) is -0.460. The normalized spacial score (nSPS) is 16.6. The average molecular weight is 373 g/mol. The van der Waals surface area contributed by atoms with Gasteiger partial charge in [0.1, 0.15) is 0 Å². The summed E-state index contributed by atoms with van der Waals surface area (Å²) in [6.45, 7) is 6.92. The Morgan fingerprint density at radius 1 is 1.04 bits per heavy atom. The number of hydrogen-bond acceptors (Lipinski definition) is 1. The first kappa shape index (κ1) is 18.5. The predicted molar refractivity (Wildman–Crippen MR) is 113 cm³/mol. The van der Waals surface area contributed by atoms with Gasteiger partial charge in [-0.15, -0.1) is 0 Å². The Morgan fingerprint density at radius 2 is 1.79 bits per heavy atom. The van der Waals surface area contributed by atoms with Gasteiger partial charge in [0.2, 0.25) is 0 Å². The second kappa shape index (κ2) is 6.97. The van der Waals surface area contributed by atoms with Crippen molar-refractivity contribution in [3.05, 3.63) is 77.5 Å². The van der Waals surface area contributed by atoms with Gasteiger partial charge in [-0.05, 0) is 60.1 Å². The standard InChI is InChI=1S/C25H27NO2/c1-25(2,3)21-14-8-11-18-16-22(17-9-5-4-6-10-17)26(23(18)21)20-13-7-12-19(15-20)24(27)28/h4-7,9-10,12-13,15-16,21H,8,11,14H2,1-3H3,(H,27,28). The molecule has 3 aromatic rings. The van der Waals surface area contributed by atoms with Crippen molar-refractivity contribution in [1.29, 1.82) is 0 Å². The lowest BCUT2D eigenvalue weighted by atomic mass is 9.72. The zero-order valence-electron chi connectivity index (χ0n) is 16.8. The third-order valence-corrected chi connectivity index (χ3v) is 5.86. The Bertz CT molecular complexity index is 1010. The van der Waals surface area contributed by atoms with E-state index in [0.717, 1.165) is 29.8 Å². The highest BCUT2D eigenvalue weighted by molar-refractivity contribution is 5.88. The quantitative estimate of drug-likeness (QED) is 0.584. The molecule has 4 rings (SSSR count). The highest BCUT2D eigenvalue weighted by Crippen LogP contribution is 2.47. The van der Waals surface area contributed by atoms with Crippen LogP contribution < -0.4 is 0 Å². The van der Waals surface area contributed by atoms with E-state index in [1.807, 2.05) is 18.2 Å². The van der Waals surface area contributed by atoms with Crippen molar-refractivity contribution >= 4 is 5.97 Å². The lowest BCUT2D eigenvalue weighted by Crippen LogP contribution is -2.25. The van der Waals surface area contributed by atoms with E-state index in [1.165, 1.54) is 17.7 Å². The Balaban J connectivity index is 2.01. The van der Waals surface area contributed by atoms with E-state index in [9.17, 15) is 9.90 Å². The molecular weight excluding hydrogens is 346 g/mol. The van der Waals surface area contributed by atoms with E-state index in [-0.39, 0.29) is 5.41 Å². The van der Waals surface area contributed by atoms with Gasteiger partial charge in [-0.25, -0.2) is 4.79 Å². The average Bonchev–Trinajstić information content (AvgIpc) is 3.07. The molecule has 28 heavy (non-hydrogen) atoms. The van der Waals surface area contributed by atoms with Gasteiger partial charge in [-0.2, -0.15) is 0 Å². The second-order valence-corrected chi connectivity index (χ2v) is 8.81. The number of nitrogens with zero attached hydrogens (tertiary/aromatic N) is 1. The predicted octanol–water partition coefficient (Wildman–Crippen LogP) is 6.31. The fraction of sp³-hybridized carbons (Fsp3) is 0.320. The van der Waals surface area contributed by atoms with Crippen LogP contribution >= 0.6 is 0 Å². The molecular formula is C25H27NO2. The van der Waals surface area contributed by atoms with Crippen LogP contribution in [0.15, 0.2) is 60.7 Å². The van der Waals surface area contributed by atoms with Crippen LogP contribution in [-0.4, -0.2) is 15.6 Å². The summed E-state index contributed by atoms with van der Waals surface area (Å²) in [5, 5.41) is 9.50. The molecule has 0 saturated carbocycles.